The van der Waals surface area contributed by atoms with E-state index in [2.05, 4.69) is 15.0 Å². The maximum Gasteiger partial charge on any atom is 0.433 e. The quantitative estimate of drug-likeness (QED) is 0.850. The molecule has 1 fully saturated rings. The highest BCUT2D eigenvalue weighted by Gasteiger charge is 2.35. The fourth-order valence-corrected chi connectivity index (χ4v) is 2.42. The lowest BCUT2D eigenvalue weighted by Gasteiger charge is -2.34. The molecule has 3 heterocycles. The topological polar surface area (TPSA) is 51.1 Å². The number of aromatic nitrogens is 3. The van der Waals surface area contributed by atoms with E-state index in [0.29, 0.717) is 25.3 Å². The van der Waals surface area contributed by atoms with Crippen LogP contribution >= 0.6 is 0 Å². The van der Waals surface area contributed by atoms with Gasteiger partial charge in [-0.1, -0.05) is 0 Å². The average Bonchev–Trinajstić information content (AvgIpc) is 2.55. The molecule has 0 bridgehead atoms. The van der Waals surface area contributed by atoms with Crippen molar-refractivity contribution in [3.05, 3.63) is 36.3 Å². The molecule has 1 atom stereocenters. The van der Waals surface area contributed by atoms with Crippen LogP contribution in [-0.2, 0) is 10.9 Å². The zero-order valence-electron chi connectivity index (χ0n) is 12.4. The van der Waals surface area contributed by atoms with Crippen LogP contribution in [0.4, 0.5) is 19.0 Å². The van der Waals surface area contributed by atoms with Crippen LogP contribution in [0.2, 0.25) is 0 Å². The molecule has 23 heavy (non-hydrogen) atoms. The maximum absolute atomic E-state index is 13.2. The smallest absolute Gasteiger partial charge is 0.377 e. The van der Waals surface area contributed by atoms with E-state index < -0.39 is 11.9 Å². The largest absolute Gasteiger partial charge is 0.433 e. The van der Waals surface area contributed by atoms with Crippen molar-refractivity contribution in [3.8, 4) is 11.4 Å². The lowest BCUT2D eigenvalue weighted by Crippen LogP contribution is -2.44. The third kappa shape index (κ3) is 3.42. The van der Waals surface area contributed by atoms with Gasteiger partial charge in [0.25, 0.3) is 0 Å². The number of rotatable bonds is 2. The van der Waals surface area contributed by atoms with Gasteiger partial charge in [-0.2, -0.15) is 13.2 Å². The Balaban J connectivity index is 2.08. The normalized spacial score (nSPS) is 19.0. The Hall–Kier alpha value is -2.22. The summed E-state index contributed by atoms with van der Waals surface area (Å²) in [5.41, 5.74) is -0.513. The number of anilines is 1. The standard InChI is InChI=1S/C15H15F3N4O/c1-10-9-23-6-5-22(10)13-7-12(15(16,17)18)20-14(21-13)11-3-2-4-19-8-11/h2-4,7-8,10H,5-6,9H2,1H3. The highest BCUT2D eigenvalue weighted by Crippen LogP contribution is 2.32. The summed E-state index contributed by atoms with van der Waals surface area (Å²) >= 11 is 0. The van der Waals surface area contributed by atoms with Gasteiger partial charge in [0.15, 0.2) is 11.5 Å². The molecule has 1 saturated heterocycles. The van der Waals surface area contributed by atoms with Crippen LogP contribution in [0.5, 0.6) is 0 Å². The number of alkyl halides is 3. The van der Waals surface area contributed by atoms with Crippen molar-refractivity contribution in [2.45, 2.75) is 19.1 Å². The Morgan fingerprint density at radius 1 is 1.30 bits per heavy atom. The monoisotopic (exact) mass is 324 g/mol. The molecule has 0 N–H and O–H groups in total. The van der Waals surface area contributed by atoms with Gasteiger partial charge in [0.05, 0.1) is 19.3 Å². The molecule has 3 rings (SSSR count). The van der Waals surface area contributed by atoms with Crippen molar-refractivity contribution in [3.63, 3.8) is 0 Å². The van der Waals surface area contributed by atoms with E-state index in [1.54, 1.807) is 23.2 Å². The summed E-state index contributed by atoms with van der Waals surface area (Å²) in [6.07, 6.45) is -1.55. The number of nitrogens with zero attached hydrogens (tertiary/aromatic N) is 4. The van der Waals surface area contributed by atoms with Crippen molar-refractivity contribution < 1.29 is 17.9 Å². The van der Waals surface area contributed by atoms with Gasteiger partial charge < -0.3 is 9.64 Å². The lowest BCUT2D eigenvalue weighted by molar-refractivity contribution is -0.141. The molecule has 122 valence electrons. The molecule has 1 aliphatic rings. The van der Waals surface area contributed by atoms with E-state index in [9.17, 15) is 13.2 Å². The number of hydrogen-bond donors (Lipinski definition) is 0. The molecule has 5 nitrogen and oxygen atoms in total. The predicted octanol–water partition coefficient (Wildman–Crippen LogP) is 2.78. The average molecular weight is 324 g/mol. The minimum absolute atomic E-state index is 0.0154. The summed E-state index contributed by atoms with van der Waals surface area (Å²) in [6, 6.07) is 4.20. The second-order valence-corrected chi connectivity index (χ2v) is 5.29. The molecule has 8 heteroatoms. The minimum atomic E-state index is -4.54. The Bertz CT molecular complexity index is 678. The fourth-order valence-electron chi connectivity index (χ4n) is 2.42. The first-order chi connectivity index (χ1) is 10.9. The zero-order chi connectivity index (χ0) is 16.4. The molecule has 0 aromatic carbocycles. The Labute approximate surface area is 131 Å². The van der Waals surface area contributed by atoms with Crippen molar-refractivity contribution in [1.29, 1.82) is 0 Å². The van der Waals surface area contributed by atoms with Gasteiger partial charge in [0.1, 0.15) is 5.82 Å². The first kappa shape index (κ1) is 15.7. The van der Waals surface area contributed by atoms with Gasteiger partial charge in [-0.3, -0.25) is 4.98 Å². The highest BCUT2D eigenvalue weighted by molar-refractivity contribution is 5.57. The SMILES string of the molecule is CC1COCCN1c1cc(C(F)(F)F)nc(-c2cccnc2)n1. The van der Waals surface area contributed by atoms with E-state index in [1.807, 2.05) is 6.92 Å². The molecule has 1 aliphatic heterocycles. The van der Waals surface area contributed by atoms with Crippen molar-refractivity contribution in [2.24, 2.45) is 0 Å². The van der Waals surface area contributed by atoms with E-state index in [-0.39, 0.29) is 17.7 Å². The molecule has 0 aliphatic carbocycles. The summed E-state index contributed by atoms with van der Waals surface area (Å²) in [4.78, 5) is 13.7. The van der Waals surface area contributed by atoms with Gasteiger partial charge >= 0.3 is 6.18 Å². The van der Waals surface area contributed by atoms with Crippen LogP contribution in [0.1, 0.15) is 12.6 Å². The molecular weight excluding hydrogens is 309 g/mol. The fraction of sp³-hybridized carbons (Fsp3) is 0.400. The van der Waals surface area contributed by atoms with Crippen LogP contribution in [0, 0.1) is 0 Å². The van der Waals surface area contributed by atoms with Crippen LogP contribution in [-0.4, -0.2) is 40.8 Å². The van der Waals surface area contributed by atoms with E-state index in [1.165, 1.54) is 6.20 Å². The number of ether oxygens (including phenoxy) is 1. The van der Waals surface area contributed by atoms with E-state index >= 15 is 0 Å². The van der Waals surface area contributed by atoms with E-state index in [0.717, 1.165) is 6.07 Å². The van der Waals surface area contributed by atoms with Gasteiger partial charge in [-0.25, -0.2) is 9.97 Å². The molecule has 0 spiro atoms. The third-order valence-corrected chi connectivity index (χ3v) is 3.58. The first-order valence-electron chi connectivity index (χ1n) is 7.16. The van der Waals surface area contributed by atoms with Crippen molar-refractivity contribution >= 4 is 5.82 Å². The third-order valence-electron chi connectivity index (χ3n) is 3.58. The highest BCUT2D eigenvalue weighted by atomic mass is 19.4. The number of halogens is 3. The molecule has 0 amide bonds. The predicted molar refractivity (Wildman–Crippen MR) is 77.9 cm³/mol. The summed E-state index contributed by atoms with van der Waals surface area (Å²) in [5, 5.41) is 0. The summed E-state index contributed by atoms with van der Waals surface area (Å²) in [7, 11) is 0. The van der Waals surface area contributed by atoms with Gasteiger partial charge in [0, 0.05) is 30.6 Å². The molecule has 2 aromatic heterocycles. The van der Waals surface area contributed by atoms with Gasteiger partial charge in [0.2, 0.25) is 0 Å². The second-order valence-electron chi connectivity index (χ2n) is 5.29. The Kier molecular flexibility index (Phi) is 4.16. The van der Waals surface area contributed by atoms with Crippen molar-refractivity contribution in [2.75, 3.05) is 24.7 Å². The van der Waals surface area contributed by atoms with E-state index in [4.69, 9.17) is 4.74 Å². The number of hydrogen-bond acceptors (Lipinski definition) is 5. The Morgan fingerprint density at radius 2 is 2.13 bits per heavy atom. The summed E-state index contributed by atoms with van der Waals surface area (Å²) in [5.74, 6) is 0.267. The molecule has 1 unspecified atom stereocenters. The van der Waals surface area contributed by atoms with Crippen LogP contribution in [0.15, 0.2) is 30.6 Å². The molecular formula is C15H15F3N4O. The Morgan fingerprint density at radius 3 is 2.78 bits per heavy atom. The lowest BCUT2D eigenvalue weighted by atomic mass is 10.2. The molecule has 0 radical (unpaired) electrons. The van der Waals surface area contributed by atoms with Gasteiger partial charge in [-0.15, -0.1) is 0 Å². The van der Waals surface area contributed by atoms with Crippen LogP contribution in [0.3, 0.4) is 0 Å². The molecule has 0 saturated carbocycles. The van der Waals surface area contributed by atoms with Crippen LogP contribution in [0.25, 0.3) is 11.4 Å². The minimum Gasteiger partial charge on any atom is -0.377 e. The van der Waals surface area contributed by atoms with Gasteiger partial charge in [-0.05, 0) is 19.1 Å². The van der Waals surface area contributed by atoms with Crippen molar-refractivity contribution in [1.82, 2.24) is 15.0 Å². The summed E-state index contributed by atoms with van der Waals surface area (Å²) < 4.78 is 44.9. The summed E-state index contributed by atoms with van der Waals surface area (Å²) in [6.45, 7) is 3.28. The number of morpholine rings is 1. The first-order valence-corrected chi connectivity index (χ1v) is 7.16. The second kappa shape index (κ2) is 6.11. The maximum atomic E-state index is 13.2. The number of pyridine rings is 1. The molecule has 2 aromatic rings. The zero-order valence-corrected chi connectivity index (χ0v) is 12.4. The van der Waals surface area contributed by atoms with Crippen LogP contribution < -0.4 is 4.90 Å².